The predicted molar refractivity (Wildman–Crippen MR) is 99.9 cm³/mol. The summed E-state index contributed by atoms with van der Waals surface area (Å²) in [6, 6.07) is 11.5. The molecule has 3 N–H and O–H groups in total. The van der Waals surface area contributed by atoms with Gasteiger partial charge in [-0.2, -0.15) is 0 Å². The number of benzene rings is 2. The van der Waals surface area contributed by atoms with Gasteiger partial charge in [0.2, 0.25) is 0 Å². The van der Waals surface area contributed by atoms with Crippen LogP contribution in [0.25, 0.3) is 10.8 Å². The minimum absolute atomic E-state index is 0.00342. The lowest BCUT2D eigenvalue weighted by Gasteiger charge is -2.37. The number of likely N-dealkylation sites (N-methyl/N-ethyl adjacent to an activating group) is 1. The largest absolute Gasteiger partial charge is 0.379 e. The van der Waals surface area contributed by atoms with E-state index in [-0.39, 0.29) is 11.8 Å². The van der Waals surface area contributed by atoms with Crippen molar-refractivity contribution in [3.63, 3.8) is 0 Å². The monoisotopic (exact) mass is 339 g/mol. The number of nitrogens with one attached hydrogen (secondary N) is 2. The minimum Gasteiger partial charge on any atom is -0.379 e. The van der Waals surface area contributed by atoms with Crippen molar-refractivity contribution in [3.05, 3.63) is 59.4 Å². The molecule has 25 heavy (non-hydrogen) atoms. The lowest BCUT2D eigenvalue weighted by molar-refractivity contribution is 0.00670. The average molecular weight is 339 g/mol. The van der Waals surface area contributed by atoms with Crippen LogP contribution in [0.1, 0.15) is 29.8 Å². The highest BCUT2D eigenvalue weighted by Gasteiger charge is 2.40. The molecule has 5 nitrogen and oxygen atoms in total. The van der Waals surface area contributed by atoms with E-state index in [4.69, 9.17) is 0 Å². The van der Waals surface area contributed by atoms with E-state index in [1.165, 1.54) is 0 Å². The second kappa shape index (κ2) is 6.41. The highest BCUT2D eigenvalue weighted by atomic mass is 16.3. The standard InChI is InChI=1S/C20H25N3O2/c1-13(2)20(25,18-11-22-12-23(18)4)17-8-7-14-9-16(19(24)21-3)6-5-15(14)10-17/h5-11,13,22,25H,12H2,1-4H3,(H,21,24). The number of fused-ring (bicyclic) bond motifs is 1. The quantitative estimate of drug-likeness (QED) is 0.800. The van der Waals surface area contributed by atoms with Crippen LogP contribution in [0.5, 0.6) is 0 Å². The SMILES string of the molecule is CNC(=O)c1ccc2cc(C(O)(C3=CNCN3C)C(C)C)ccc2c1. The van der Waals surface area contributed by atoms with E-state index in [9.17, 15) is 9.90 Å². The van der Waals surface area contributed by atoms with Gasteiger partial charge < -0.3 is 20.6 Å². The molecule has 5 heteroatoms. The number of rotatable bonds is 4. The highest BCUT2D eigenvalue weighted by Crippen LogP contribution is 2.39. The molecule has 0 saturated heterocycles. The number of nitrogens with zero attached hydrogens (tertiary/aromatic N) is 1. The third-order valence-corrected chi connectivity index (χ3v) is 4.97. The summed E-state index contributed by atoms with van der Waals surface area (Å²) < 4.78 is 0. The second-order valence-electron chi connectivity index (χ2n) is 6.87. The molecule has 1 amide bonds. The van der Waals surface area contributed by atoms with E-state index in [1.807, 2.05) is 68.4 Å². The van der Waals surface area contributed by atoms with Crippen LogP contribution in [0.15, 0.2) is 48.3 Å². The summed E-state index contributed by atoms with van der Waals surface area (Å²) in [4.78, 5) is 13.8. The second-order valence-corrected chi connectivity index (χ2v) is 6.87. The van der Waals surface area contributed by atoms with Crippen LogP contribution >= 0.6 is 0 Å². The Labute approximate surface area is 148 Å². The fourth-order valence-corrected chi connectivity index (χ4v) is 3.42. The summed E-state index contributed by atoms with van der Waals surface area (Å²) in [7, 11) is 3.59. The molecule has 1 aliphatic rings. The first-order chi connectivity index (χ1) is 11.9. The summed E-state index contributed by atoms with van der Waals surface area (Å²) in [5.41, 5.74) is 1.27. The molecule has 0 bridgehead atoms. The molecule has 132 valence electrons. The number of hydrogen-bond acceptors (Lipinski definition) is 4. The molecule has 2 aromatic rings. The molecule has 3 rings (SSSR count). The van der Waals surface area contributed by atoms with E-state index in [2.05, 4.69) is 10.6 Å². The van der Waals surface area contributed by atoms with Gasteiger partial charge in [0.25, 0.3) is 5.91 Å². The van der Waals surface area contributed by atoms with Gasteiger partial charge in [0, 0.05) is 25.9 Å². The van der Waals surface area contributed by atoms with Crippen molar-refractivity contribution in [2.45, 2.75) is 19.4 Å². The number of hydrogen-bond donors (Lipinski definition) is 3. The molecule has 0 aromatic heterocycles. The van der Waals surface area contributed by atoms with Crippen LogP contribution in [-0.2, 0) is 5.60 Å². The van der Waals surface area contributed by atoms with Crippen molar-refractivity contribution >= 4 is 16.7 Å². The van der Waals surface area contributed by atoms with E-state index in [1.54, 1.807) is 7.05 Å². The maximum atomic E-state index is 11.8. The average Bonchev–Trinajstić information content (AvgIpc) is 3.05. The highest BCUT2D eigenvalue weighted by molar-refractivity contribution is 5.98. The zero-order valence-electron chi connectivity index (χ0n) is 15.1. The van der Waals surface area contributed by atoms with Crippen LogP contribution in [0.2, 0.25) is 0 Å². The summed E-state index contributed by atoms with van der Waals surface area (Å²) in [6.45, 7) is 4.73. The first-order valence-corrected chi connectivity index (χ1v) is 8.52. The Hall–Kier alpha value is -2.53. The van der Waals surface area contributed by atoms with Crippen molar-refractivity contribution in [1.82, 2.24) is 15.5 Å². The molecule has 0 radical (unpaired) electrons. The number of carbonyl (C=O) groups is 1. The van der Waals surface area contributed by atoms with E-state index < -0.39 is 5.60 Å². The number of amides is 1. The molecule has 0 fully saturated rings. The summed E-state index contributed by atoms with van der Waals surface area (Å²) in [5, 5.41) is 19.3. The smallest absolute Gasteiger partial charge is 0.251 e. The van der Waals surface area contributed by atoms with Crippen molar-refractivity contribution in [2.75, 3.05) is 20.8 Å². The summed E-state index contributed by atoms with van der Waals surface area (Å²) in [6.07, 6.45) is 1.89. The predicted octanol–water partition coefficient (Wildman–Crippen LogP) is 2.38. The third-order valence-electron chi connectivity index (χ3n) is 4.97. The first kappa shape index (κ1) is 17.3. The van der Waals surface area contributed by atoms with Crippen molar-refractivity contribution < 1.29 is 9.90 Å². The molecule has 1 unspecified atom stereocenters. The summed E-state index contributed by atoms with van der Waals surface area (Å²) in [5.74, 6) is -0.0998. The molecule has 0 saturated carbocycles. The molecule has 2 aromatic carbocycles. The lowest BCUT2D eigenvalue weighted by atomic mass is 9.79. The Morgan fingerprint density at radius 3 is 2.52 bits per heavy atom. The van der Waals surface area contributed by atoms with Gasteiger partial charge in [-0.1, -0.05) is 32.0 Å². The number of carbonyl (C=O) groups excluding carboxylic acids is 1. The van der Waals surface area contributed by atoms with Crippen molar-refractivity contribution in [2.24, 2.45) is 5.92 Å². The molecule has 1 aliphatic heterocycles. The molecule has 1 heterocycles. The maximum Gasteiger partial charge on any atom is 0.251 e. The van der Waals surface area contributed by atoms with E-state index in [0.29, 0.717) is 12.2 Å². The Morgan fingerprint density at radius 1 is 1.24 bits per heavy atom. The van der Waals surface area contributed by atoms with Gasteiger partial charge in [-0.3, -0.25) is 4.79 Å². The molecule has 0 spiro atoms. The Balaban J connectivity index is 2.09. The van der Waals surface area contributed by atoms with Gasteiger partial charge in [0.05, 0.1) is 12.4 Å². The lowest BCUT2D eigenvalue weighted by Crippen LogP contribution is -2.39. The molecular weight excluding hydrogens is 314 g/mol. The van der Waals surface area contributed by atoms with Gasteiger partial charge in [0.15, 0.2) is 0 Å². The van der Waals surface area contributed by atoms with Crippen LogP contribution in [0.3, 0.4) is 0 Å². The fourth-order valence-electron chi connectivity index (χ4n) is 3.42. The molecule has 1 atom stereocenters. The Morgan fingerprint density at radius 2 is 1.92 bits per heavy atom. The first-order valence-electron chi connectivity index (χ1n) is 8.52. The zero-order chi connectivity index (χ0) is 18.2. The fraction of sp³-hybridized carbons (Fsp3) is 0.350. The van der Waals surface area contributed by atoms with Gasteiger partial charge in [-0.05, 0) is 40.5 Å². The number of aliphatic hydroxyl groups is 1. The van der Waals surface area contributed by atoms with Crippen LogP contribution in [0.4, 0.5) is 0 Å². The zero-order valence-corrected chi connectivity index (χ0v) is 15.1. The van der Waals surface area contributed by atoms with Crippen molar-refractivity contribution in [1.29, 1.82) is 0 Å². The molecular formula is C20H25N3O2. The third kappa shape index (κ3) is 2.85. The maximum absolute atomic E-state index is 11.8. The summed E-state index contributed by atoms with van der Waals surface area (Å²) >= 11 is 0. The van der Waals surface area contributed by atoms with Crippen LogP contribution in [0, 0.1) is 5.92 Å². The normalized spacial score (nSPS) is 16.6. The Bertz CT molecular complexity index is 844. The Kier molecular flexibility index (Phi) is 4.43. The minimum atomic E-state index is -1.08. The van der Waals surface area contributed by atoms with Gasteiger partial charge in [-0.25, -0.2) is 0 Å². The van der Waals surface area contributed by atoms with E-state index >= 15 is 0 Å². The topological polar surface area (TPSA) is 64.6 Å². The van der Waals surface area contributed by atoms with Crippen LogP contribution < -0.4 is 10.6 Å². The van der Waals surface area contributed by atoms with Gasteiger partial charge in [0.1, 0.15) is 5.60 Å². The molecule has 0 aliphatic carbocycles. The van der Waals surface area contributed by atoms with Gasteiger partial charge >= 0.3 is 0 Å². The van der Waals surface area contributed by atoms with E-state index in [0.717, 1.165) is 22.0 Å². The van der Waals surface area contributed by atoms with Gasteiger partial charge in [-0.15, -0.1) is 0 Å². The van der Waals surface area contributed by atoms with Crippen molar-refractivity contribution in [3.8, 4) is 0 Å². The van der Waals surface area contributed by atoms with Crippen LogP contribution in [-0.4, -0.2) is 36.7 Å².